The molecule has 3 fully saturated rings. The summed E-state index contributed by atoms with van der Waals surface area (Å²) in [5, 5.41) is -0.000487. The lowest BCUT2D eigenvalue weighted by atomic mass is 9.90. The zero-order chi connectivity index (χ0) is 32.5. The van der Waals surface area contributed by atoms with Crippen LogP contribution < -0.4 is 4.74 Å². The van der Waals surface area contributed by atoms with Crippen LogP contribution in [0.2, 0.25) is 18.1 Å². The highest BCUT2D eigenvalue weighted by Gasteiger charge is 2.61. The summed E-state index contributed by atoms with van der Waals surface area (Å²) >= 11 is 0. The van der Waals surface area contributed by atoms with E-state index in [1.54, 1.807) is 7.11 Å². The number of hydrogen-bond acceptors (Lipinski definition) is 8. The van der Waals surface area contributed by atoms with E-state index in [-0.39, 0.29) is 29.5 Å². The zero-order valence-corrected chi connectivity index (χ0v) is 29.3. The number of benzene rings is 2. The molecule has 0 unspecified atom stereocenters. The molecule has 2 bridgehead atoms. The van der Waals surface area contributed by atoms with E-state index in [9.17, 15) is 4.79 Å². The first-order valence-corrected chi connectivity index (χ1v) is 19.1. The molecule has 45 heavy (non-hydrogen) atoms. The molecule has 248 valence electrons. The van der Waals surface area contributed by atoms with Crippen molar-refractivity contribution < 1.29 is 37.6 Å². The largest absolute Gasteiger partial charge is 0.497 e. The molecule has 5 rings (SSSR count). The van der Waals surface area contributed by atoms with Crippen LogP contribution in [0.3, 0.4) is 0 Å². The maximum Gasteiger partial charge on any atom is 0.192 e. The van der Waals surface area contributed by atoms with Crippen molar-refractivity contribution in [3.8, 4) is 5.75 Å². The Morgan fingerprint density at radius 3 is 2.29 bits per heavy atom. The number of hydrogen-bond donors (Lipinski definition) is 0. The van der Waals surface area contributed by atoms with E-state index in [0.717, 1.165) is 36.0 Å². The van der Waals surface area contributed by atoms with Gasteiger partial charge >= 0.3 is 0 Å². The van der Waals surface area contributed by atoms with Gasteiger partial charge in [-0.2, -0.15) is 0 Å². The molecule has 0 amide bonds. The predicted octanol–water partition coefficient (Wildman–Crippen LogP) is 6.99. The average Bonchev–Trinajstić information content (AvgIpc) is 3.45. The van der Waals surface area contributed by atoms with Gasteiger partial charge in [-0.25, -0.2) is 0 Å². The van der Waals surface area contributed by atoms with Crippen molar-refractivity contribution in [2.75, 3.05) is 13.7 Å². The quantitative estimate of drug-likeness (QED) is 0.171. The van der Waals surface area contributed by atoms with Crippen molar-refractivity contribution in [1.82, 2.24) is 0 Å². The van der Waals surface area contributed by atoms with Crippen molar-refractivity contribution in [2.45, 2.75) is 133 Å². The van der Waals surface area contributed by atoms with Crippen molar-refractivity contribution in [3.63, 3.8) is 0 Å². The van der Waals surface area contributed by atoms with E-state index in [0.29, 0.717) is 26.1 Å². The second kappa shape index (κ2) is 13.2. The minimum absolute atomic E-state index is 0.000487. The molecule has 0 N–H and O–H groups in total. The first-order chi connectivity index (χ1) is 21.2. The fourth-order valence-electron chi connectivity index (χ4n) is 6.57. The van der Waals surface area contributed by atoms with Crippen LogP contribution in [0.25, 0.3) is 0 Å². The normalized spacial score (nSPS) is 32.4. The first-order valence-electron chi connectivity index (χ1n) is 16.2. The molecule has 0 radical (unpaired) electrons. The van der Waals surface area contributed by atoms with Crippen LogP contribution in [0.5, 0.6) is 5.75 Å². The van der Waals surface area contributed by atoms with Crippen LogP contribution in [0.4, 0.5) is 0 Å². The van der Waals surface area contributed by atoms with Crippen molar-refractivity contribution in [2.24, 2.45) is 0 Å². The van der Waals surface area contributed by atoms with Gasteiger partial charge in [-0.1, -0.05) is 63.2 Å². The Morgan fingerprint density at radius 1 is 0.956 bits per heavy atom. The second-order valence-corrected chi connectivity index (χ2v) is 19.8. The zero-order valence-electron chi connectivity index (χ0n) is 28.3. The standard InChI is InChI=1S/C36H52O8Si/c1-33(2,3)45(7,8)43-30-21-35(5,31(22-37)40-24-27-14-16-28(38-6)17-15-27)42-32(30)29-20-34(4)18-19-36(41-29,44-34)25-39-23-26-12-10-9-11-13-26/h9-17,22,29-32H,18-21,23-25H2,1-8H3/t29-,30-,31+,32-,34+,35-,36+/m1/s1. The summed E-state index contributed by atoms with van der Waals surface area (Å²) in [6, 6.07) is 17.8. The molecular weight excluding hydrogens is 588 g/mol. The fraction of sp³-hybridized carbons (Fsp3) is 0.639. The van der Waals surface area contributed by atoms with Gasteiger partial charge in [0.1, 0.15) is 30.2 Å². The Balaban J connectivity index is 1.35. The molecule has 0 aliphatic carbocycles. The van der Waals surface area contributed by atoms with Gasteiger partial charge < -0.3 is 37.6 Å². The molecule has 0 saturated carbocycles. The van der Waals surface area contributed by atoms with Gasteiger partial charge in [-0.3, -0.25) is 0 Å². The SMILES string of the molecule is COc1ccc(CO[C@@H](C=O)[C@@]2(C)C[C@@H](O[Si](C)(C)C(C)(C)C)[C@@H]([C@H]3C[C@]4(C)CC[C@](COCc5ccccc5)(O3)O4)O2)cc1. The lowest BCUT2D eigenvalue weighted by Crippen LogP contribution is -2.56. The molecule has 8 nitrogen and oxygen atoms in total. The number of aldehydes is 1. The number of ether oxygens (including phenoxy) is 6. The third kappa shape index (κ3) is 7.72. The maximum atomic E-state index is 12.6. The Hall–Kier alpha value is -2.11. The summed E-state index contributed by atoms with van der Waals surface area (Å²) in [5.74, 6) is -0.0850. The van der Waals surface area contributed by atoms with E-state index < -0.39 is 31.9 Å². The highest BCUT2D eigenvalue weighted by atomic mass is 28.4. The summed E-state index contributed by atoms with van der Waals surface area (Å²) < 4.78 is 45.2. The molecule has 9 heteroatoms. The molecular formula is C36H52O8Si. The topological polar surface area (TPSA) is 81.7 Å². The Kier molecular flexibility index (Phi) is 10.0. The molecule has 7 atom stereocenters. The highest BCUT2D eigenvalue weighted by Crippen LogP contribution is 2.51. The molecule has 2 aromatic rings. The van der Waals surface area contributed by atoms with Gasteiger partial charge in [-0.05, 0) is 61.7 Å². The first kappa shape index (κ1) is 34.2. The van der Waals surface area contributed by atoms with E-state index in [2.05, 4.69) is 52.9 Å². The molecule has 3 aliphatic rings. The van der Waals surface area contributed by atoms with Crippen molar-refractivity contribution in [1.29, 1.82) is 0 Å². The van der Waals surface area contributed by atoms with Crippen molar-refractivity contribution in [3.05, 3.63) is 65.7 Å². The van der Waals surface area contributed by atoms with Gasteiger partial charge in [0.05, 0.1) is 38.1 Å². The monoisotopic (exact) mass is 640 g/mol. The summed E-state index contributed by atoms with van der Waals surface area (Å²) in [4.78, 5) is 12.6. The number of methoxy groups -OCH3 is 1. The smallest absolute Gasteiger partial charge is 0.192 e. The Morgan fingerprint density at radius 2 is 1.64 bits per heavy atom. The van der Waals surface area contributed by atoms with Crippen LogP contribution in [-0.2, 0) is 46.1 Å². The number of fused-ring (bicyclic) bond motifs is 2. The lowest BCUT2D eigenvalue weighted by molar-refractivity contribution is -0.343. The molecule has 3 saturated heterocycles. The third-order valence-electron chi connectivity index (χ3n) is 10.2. The van der Waals surface area contributed by atoms with Gasteiger partial charge in [0.2, 0.25) is 0 Å². The number of carbonyl (C=O) groups excluding carboxylic acids is 1. The highest BCUT2D eigenvalue weighted by molar-refractivity contribution is 6.74. The predicted molar refractivity (Wildman–Crippen MR) is 175 cm³/mol. The van der Waals surface area contributed by atoms with E-state index in [1.807, 2.05) is 49.4 Å². The van der Waals surface area contributed by atoms with Crippen LogP contribution >= 0.6 is 0 Å². The lowest BCUT2D eigenvalue weighted by Gasteiger charge is -2.46. The van der Waals surface area contributed by atoms with Crippen LogP contribution in [0.15, 0.2) is 54.6 Å². The minimum atomic E-state index is -2.21. The Bertz CT molecular complexity index is 1280. The molecule has 0 spiro atoms. The van der Waals surface area contributed by atoms with Gasteiger partial charge in [0, 0.05) is 19.3 Å². The summed E-state index contributed by atoms with van der Waals surface area (Å²) in [6.07, 6.45) is 1.93. The molecule has 3 heterocycles. The van der Waals surface area contributed by atoms with Gasteiger partial charge in [-0.15, -0.1) is 0 Å². The van der Waals surface area contributed by atoms with E-state index in [1.165, 1.54) is 0 Å². The fourth-order valence-corrected chi connectivity index (χ4v) is 7.90. The summed E-state index contributed by atoms with van der Waals surface area (Å²) in [6.45, 7) is 16.4. The van der Waals surface area contributed by atoms with Crippen molar-refractivity contribution >= 4 is 14.6 Å². The molecule has 3 aliphatic heterocycles. The van der Waals surface area contributed by atoms with E-state index in [4.69, 9.17) is 32.8 Å². The van der Waals surface area contributed by atoms with E-state index >= 15 is 0 Å². The second-order valence-electron chi connectivity index (χ2n) is 15.0. The average molecular weight is 641 g/mol. The van der Waals surface area contributed by atoms with Crippen LogP contribution in [0, 0.1) is 0 Å². The van der Waals surface area contributed by atoms with Gasteiger partial charge in [0.25, 0.3) is 0 Å². The molecule has 2 aromatic carbocycles. The summed E-state index contributed by atoms with van der Waals surface area (Å²) in [7, 11) is -0.572. The maximum absolute atomic E-state index is 12.6. The van der Waals surface area contributed by atoms with Crippen LogP contribution in [0.1, 0.15) is 71.4 Å². The number of rotatable bonds is 13. The number of carbonyl (C=O) groups is 1. The summed E-state index contributed by atoms with van der Waals surface area (Å²) in [5.41, 5.74) is 0.793. The minimum Gasteiger partial charge on any atom is -0.497 e. The Labute approximate surface area is 270 Å². The van der Waals surface area contributed by atoms with Crippen LogP contribution in [-0.4, -0.2) is 69.7 Å². The van der Waals surface area contributed by atoms with Gasteiger partial charge in [0.15, 0.2) is 20.4 Å². The third-order valence-corrected chi connectivity index (χ3v) is 14.7. The molecule has 0 aromatic heterocycles.